The van der Waals surface area contributed by atoms with Gasteiger partial charge in [-0.25, -0.2) is 22.8 Å². The molecule has 5 aromatic heterocycles. The molecule has 6 fully saturated rings. The van der Waals surface area contributed by atoms with Gasteiger partial charge in [0.05, 0.1) is 70.7 Å². The normalized spacial score (nSPS) is 21.6. The lowest BCUT2D eigenvalue weighted by Gasteiger charge is -2.36. The molecule has 42 heteroatoms. The number of hydrogen-bond acceptors (Lipinski definition) is 29. The lowest BCUT2D eigenvalue weighted by Crippen LogP contribution is -2.60. The number of amides is 6. The van der Waals surface area contributed by atoms with Crippen LogP contribution in [-0.4, -0.2) is 249 Å². The van der Waals surface area contributed by atoms with Crippen LogP contribution in [0.3, 0.4) is 0 Å². The fourth-order valence-corrected chi connectivity index (χ4v) is 16.7. The van der Waals surface area contributed by atoms with Crippen LogP contribution in [0.25, 0.3) is 11.1 Å². The molecule has 6 aliphatic rings. The van der Waals surface area contributed by atoms with Crippen molar-refractivity contribution in [2.24, 2.45) is 16.7 Å². The van der Waals surface area contributed by atoms with Gasteiger partial charge < -0.3 is 88.6 Å². The number of pyridine rings is 5. The van der Waals surface area contributed by atoms with Crippen molar-refractivity contribution in [2.45, 2.75) is 218 Å². The van der Waals surface area contributed by atoms with Crippen LogP contribution in [0.15, 0.2) is 153 Å². The summed E-state index contributed by atoms with van der Waals surface area (Å²) >= 11 is 13.1. The molecule has 128 heavy (non-hydrogen) atoms. The van der Waals surface area contributed by atoms with Crippen molar-refractivity contribution in [2.75, 3.05) is 47.5 Å². The third-order valence-corrected chi connectivity index (χ3v) is 23.8. The molecule has 698 valence electrons. The standard InChI is InChI=1S/C36H47N5O8S.C22H32BrN3O6.C12H16BBrN2O4.C11H13BrN2O3.C5H4BrNO.ClH/c1-8-24-18-36(24,32(44)40-50(46,47)27-14-15-27)39-30(42)28-17-26(48-25-16-23(19-37-20-25)22-12-10-9-11-13-22)21-41(28)31(43)29(34(2,3)4)38-33(45)49-35(5,6)7;1-21(2,3)17(25-20(29)32-22(4,5)6)18(27)26-12-15(9-16(26)19(28)30-7)31-14-8-13(23)10-24-11-14;1-13(18)16-7-10(4-11(16)12(17)19-2)20-9-3-8(14)5-15-6-9;1-16-11(15)10-3-9(6-14-10)17-8-2-7(12)4-13-5-8;6-4-1-5(8)3-7-2-4;/h8-13,16,19-20,24,26-29H,1,14-15,17-18,21H2,2-7H3,(H,38,45)(H,39,42)(H,40,44);8,10-11,15-17H,9,12H2,1-7H3,(H,25,29);3,5-6,10-11,18H,4,7H2,1-2H3;2,4-5,9-10,14H,3,6H2,1H3;1-3,8H;1H/t24-,26-,28+,29-,36-;15-,16+,17-;10-,11+;9-,10+;;/m1111../s1. The number of rotatable bonds is 23. The second-order valence-electron chi connectivity index (χ2n) is 35.0. The average Bonchev–Trinajstić information content (AvgIpc) is 1.57. The highest BCUT2D eigenvalue weighted by molar-refractivity contribution is 9.11. The Labute approximate surface area is 786 Å². The third-order valence-electron chi connectivity index (χ3n) is 20.3. The Bertz CT molecular complexity index is 4940. The minimum atomic E-state index is -3.89. The van der Waals surface area contributed by atoms with E-state index in [1.54, 1.807) is 142 Å². The first-order valence-electron chi connectivity index (χ1n) is 40.8. The molecule has 4 aliphatic heterocycles. The van der Waals surface area contributed by atoms with E-state index < -0.39 is 140 Å². The van der Waals surface area contributed by atoms with E-state index in [4.69, 9.17) is 43.0 Å². The van der Waals surface area contributed by atoms with Crippen molar-refractivity contribution in [3.63, 3.8) is 0 Å². The number of benzene rings is 1. The number of alkyl carbamates (subject to hydrolysis) is 2. The van der Waals surface area contributed by atoms with E-state index in [0.29, 0.717) is 61.8 Å². The summed E-state index contributed by atoms with van der Waals surface area (Å²) in [5.74, 6) is -1.66. The van der Waals surface area contributed by atoms with Crippen LogP contribution < -0.4 is 44.9 Å². The summed E-state index contributed by atoms with van der Waals surface area (Å²) in [4.78, 5) is 141. The van der Waals surface area contributed by atoms with Gasteiger partial charge in [-0.05, 0) is 178 Å². The molecule has 6 aromatic rings. The van der Waals surface area contributed by atoms with Crippen LogP contribution in [0.2, 0.25) is 6.82 Å². The summed E-state index contributed by atoms with van der Waals surface area (Å²) in [5, 5.41) is 29.0. The number of likely N-dealkylation sites (tertiary alicyclic amines) is 2. The fraction of sp³-hybridized carbons (Fsp3) is 0.512. The van der Waals surface area contributed by atoms with E-state index in [1.807, 2.05) is 69.3 Å². The predicted molar refractivity (Wildman–Crippen MR) is 490 cm³/mol. The molecule has 0 spiro atoms. The van der Waals surface area contributed by atoms with Crippen molar-refractivity contribution in [3.8, 4) is 39.9 Å². The number of methoxy groups -OCH3 is 3. The summed E-state index contributed by atoms with van der Waals surface area (Å²) in [6, 6.07) is 13.7. The Balaban J connectivity index is 0.000000244. The summed E-state index contributed by atoms with van der Waals surface area (Å²) < 4.78 is 79.6. The molecule has 6 amide bonds. The third kappa shape index (κ3) is 31.8. The predicted octanol–water partition coefficient (Wildman–Crippen LogP) is 11.1. The monoisotopic (exact) mass is 2070 g/mol. The molecule has 7 N–H and O–H groups in total. The minimum Gasteiger partial charge on any atom is -0.506 e. The molecule has 12 rings (SSSR count). The van der Waals surface area contributed by atoms with Crippen LogP contribution in [-0.2, 0) is 67.3 Å². The van der Waals surface area contributed by atoms with E-state index in [0.717, 1.165) is 29.0 Å². The molecule has 0 radical (unpaired) electrons. The van der Waals surface area contributed by atoms with E-state index in [2.05, 4.69) is 126 Å². The SMILES string of the molecule is C=C[C@@H]1C[C@]1(NC(=O)[C@@H]1C[C@@H](Oc2cncc(-c3ccccc3)c2)CN1C(=O)[C@@H](NC(=O)OC(C)(C)C)C(C)(C)C)C(=O)NS(=O)(=O)C1CC1.COC(=O)[C@@H]1C[C@@H](Oc2cncc(Br)c2)CN1.COC(=O)[C@@H]1C[C@@H](Oc2cncc(Br)c2)CN1B(C)O.COC(=O)[C@@H]1C[C@@H](Oc2cncc(Br)c2)CN1C(=O)[C@@H](NC(=O)OC(C)(C)C)C(C)(C)C.Cl.Oc1cncc(Br)c1. The zero-order valence-corrected chi connectivity index (χ0v) is 82.1. The van der Waals surface area contributed by atoms with Gasteiger partial charge in [0.2, 0.25) is 27.7 Å². The lowest BCUT2D eigenvalue weighted by atomic mass is 9.84. The number of aromatic nitrogens is 5. The van der Waals surface area contributed by atoms with Crippen molar-refractivity contribution in [1.82, 2.24) is 65.5 Å². The number of carbonyl (C=O) groups is 9. The maximum atomic E-state index is 14.4. The Morgan fingerprint density at radius 3 is 1.38 bits per heavy atom. The van der Waals surface area contributed by atoms with Crippen LogP contribution in [0, 0.1) is 16.7 Å². The maximum absolute atomic E-state index is 14.4. The zero-order chi connectivity index (χ0) is 93.8. The Morgan fingerprint density at radius 2 is 0.969 bits per heavy atom. The van der Waals surface area contributed by atoms with E-state index in [9.17, 15) is 56.6 Å². The molecule has 0 bridgehead atoms. The second kappa shape index (κ2) is 46.4. The highest BCUT2D eigenvalue weighted by Gasteiger charge is 2.62. The van der Waals surface area contributed by atoms with E-state index in [1.165, 1.54) is 43.4 Å². The Morgan fingerprint density at radius 1 is 0.555 bits per heavy atom. The van der Waals surface area contributed by atoms with Crippen molar-refractivity contribution >= 4 is 147 Å². The number of nitrogens with zero attached hydrogens (tertiary/aromatic N) is 8. The summed E-state index contributed by atoms with van der Waals surface area (Å²) in [5.41, 5.74) is -2.76. The van der Waals surface area contributed by atoms with Crippen LogP contribution >= 0.6 is 76.1 Å². The number of hydrogen-bond donors (Lipinski definition) is 7. The number of esters is 3. The van der Waals surface area contributed by atoms with Crippen molar-refractivity contribution < 1.29 is 104 Å². The molecular formula is C86H113BBr4ClN13O22S. The number of carbonyl (C=O) groups excluding carboxylic acids is 9. The molecule has 2 saturated carbocycles. The van der Waals surface area contributed by atoms with Gasteiger partial charge in [0.15, 0.2) is 0 Å². The quantitative estimate of drug-likeness (QED) is 0.0136. The van der Waals surface area contributed by atoms with Gasteiger partial charge >= 0.3 is 37.1 Å². The molecule has 1 aromatic carbocycles. The minimum absolute atomic E-state index is 0. The van der Waals surface area contributed by atoms with Gasteiger partial charge in [-0.2, -0.15) is 0 Å². The van der Waals surface area contributed by atoms with Gasteiger partial charge in [-0.15, -0.1) is 19.0 Å². The van der Waals surface area contributed by atoms with Crippen molar-refractivity contribution in [1.29, 1.82) is 0 Å². The maximum Gasteiger partial charge on any atom is 0.408 e. The second-order valence-corrected chi connectivity index (χ2v) is 40.6. The first-order valence-corrected chi connectivity index (χ1v) is 45.5. The summed E-state index contributed by atoms with van der Waals surface area (Å²) in [6.07, 6.45) is 17.2. The Hall–Kier alpha value is -9.36. The molecular weight excluding hydrogens is 1960 g/mol. The molecule has 12 atom stereocenters. The van der Waals surface area contributed by atoms with Gasteiger partial charge in [-0.1, -0.05) is 78.0 Å². The summed E-state index contributed by atoms with van der Waals surface area (Å²) in [7, 11) is -0.613. The highest BCUT2D eigenvalue weighted by Crippen LogP contribution is 2.46. The highest BCUT2D eigenvalue weighted by atomic mass is 79.9. The first-order chi connectivity index (χ1) is 59.5. The number of halogens is 5. The van der Waals surface area contributed by atoms with E-state index in [-0.39, 0.29) is 80.7 Å². The lowest BCUT2D eigenvalue weighted by molar-refractivity contribution is -0.152. The van der Waals surface area contributed by atoms with Crippen LogP contribution in [0.1, 0.15) is 128 Å². The number of aromatic hydroxyl groups is 1. The van der Waals surface area contributed by atoms with Gasteiger partial charge in [-0.3, -0.25) is 58.4 Å². The molecule has 9 heterocycles. The average molecular weight is 2080 g/mol. The summed E-state index contributed by atoms with van der Waals surface area (Å²) in [6.45, 7) is 27.8. The van der Waals surface area contributed by atoms with Gasteiger partial charge in [0.25, 0.3) is 5.91 Å². The molecule has 2 aliphatic carbocycles. The van der Waals surface area contributed by atoms with Crippen LogP contribution in [0.5, 0.6) is 28.7 Å². The largest absolute Gasteiger partial charge is 0.506 e. The Kier molecular flexibility index (Phi) is 38.4. The van der Waals surface area contributed by atoms with E-state index >= 15 is 0 Å². The topological polar surface area (TPSA) is 446 Å². The van der Waals surface area contributed by atoms with Gasteiger partial charge in [0.1, 0.15) is 106 Å². The number of sulfonamides is 1. The van der Waals surface area contributed by atoms with Crippen LogP contribution in [0.4, 0.5) is 9.59 Å². The molecule has 35 nitrogen and oxygen atoms in total. The zero-order valence-electron chi connectivity index (χ0n) is 74.1. The fourth-order valence-electron chi connectivity index (χ4n) is 14.0. The first kappa shape index (κ1) is 106. The molecule has 0 unspecified atom stereocenters. The smallest absolute Gasteiger partial charge is 0.408 e. The van der Waals surface area contributed by atoms with Gasteiger partial charge in [0, 0.05) is 99.1 Å². The van der Waals surface area contributed by atoms with Crippen molar-refractivity contribution in [3.05, 3.63) is 153 Å². The molecule has 4 saturated heterocycles. The number of nitrogens with one attached hydrogen (secondary N) is 5. The number of ether oxygens (including phenoxy) is 9.